The number of halogens is 2. The van der Waals surface area contributed by atoms with E-state index in [9.17, 15) is 4.39 Å². The first kappa shape index (κ1) is 8.69. The van der Waals surface area contributed by atoms with Crippen molar-refractivity contribution in [2.45, 2.75) is 0 Å². The summed E-state index contributed by atoms with van der Waals surface area (Å²) in [5.41, 5.74) is 0.892. The fraction of sp³-hybridized carbons (Fsp3) is 0.222. The smallest absolute Gasteiger partial charge is 0.205 e. The van der Waals surface area contributed by atoms with Gasteiger partial charge in [0.15, 0.2) is 12.9 Å². The molecule has 2 nitrogen and oxygen atoms in total. The van der Waals surface area contributed by atoms with Crippen LogP contribution in [0, 0.1) is 5.82 Å². The van der Waals surface area contributed by atoms with Crippen LogP contribution in [-0.4, -0.2) is 4.68 Å². The number of fused-ring (bicyclic) bond motifs is 1. The molecule has 0 spiro atoms. The van der Waals surface area contributed by atoms with Crippen LogP contribution in [0.5, 0.6) is 0 Å². The fourth-order valence-corrected chi connectivity index (χ4v) is 1.75. The first-order chi connectivity index (χ1) is 6.11. The van der Waals surface area contributed by atoms with Gasteiger partial charge in [0.25, 0.3) is 0 Å². The van der Waals surface area contributed by atoms with Crippen molar-refractivity contribution in [3.8, 4) is 0 Å². The normalized spacial score (nSPS) is 11.1. The van der Waals surface area contributed by atoms with E-state index in [2.05, 4.69) is 15.9 Å². The maximum atomic E-state index is 13.5. The minimum atomic E-state index is -0.200. The molecule has 0 aliphatic rings. The predicted molar refractivity (Wildman–Crippen MR) is 51.8 cm³/mol. The Morgan fingerprint density at radius 1 is 1.46 bits per heavy atom. The van der Waals surface area contributed by atoms with Crippen molar-refractivity contribution in [1.29, 1.82) is 0 Å². The molecular weight excluding hydrogens is 235 g/mol. The second-order valence-electron chi connectivity index (χ2n) is 3.02. The molecule has 0 N–H and O–H groups in total. The molecule has 0 amide bonds. The average molecular weight is 244 g/mol. The van der Waals surface area contributed by atoms with E-state index in [0.717, 1.165) is 5.52 Å². The maximum Gasteiger partial charge on any atom is 0.206 e. The first-order valence-corrected chi connectivity index (χ1v) is 4.70. The van der Waals surface area contributed by atoms with Gasteiger partial charge in [0, 0.05) is 0 Å². The summed E-state index contributed by atoms with van der Waals surface area (Å²) >= 11 is 3.16. The van der Waals surface area contributed by atoms with E-state index in [1.165, 1.54) is 0 Å². The van der Waals surface area contributed by atoms with E-state index in [4.69, 9.17) is 0 Å². The molecule has 0 saturated carbocycles. The molecule has 0 bridgehead atoms. The molecule has 0 atom stereocenters. The first-order valence-electron chi connectivity index (χ1n) is 3.90. The van der Waals surface area contributed by atoms with Crippen molar-refractivity contribution in [2.75, 3.05) is 0 Å². The van der Waals surface area contributed by atoms with Crippen LogP contribution in [0.4, 0.5) is 4.39 Å². The third-order valence-corrected chi connectivity index (χ3v) is 2.86. The van der Waals surface area contributed by atoms with Crippen molar-refractivity contribution >= 4 is 26.8 Å². The van der Waals surface area contributed by atoms with Gasteiger partial charge < -0.3 is 0 Å². The Bertz CT molecular complexity index is 476. The Morgan fingerprint density at radius 2 is 2.15 bits per heavy atom. The highest BCUT2D eigenvalue weighted by Crippen LogP contribution is 2.23. The molecule has 1 aromatic carbocycles. The summed E-state index contributed by atoms with van der Waals surface area (Å²) in [6.07, 6.45) is 1.77. The van der Waals surface area contributed by atoms with Gasteiger partial charge in [-0.25, -0.2) is 4.39 Å². The van der Waals surface area contributed by atoms with E-state index >= 15 is 0 Å². The molecule has 13 heavy (non-hydrogen) atoms. The summed E-state index contributed by atoms with van der Waals surface area (Å²) in [7, 11) is 3.78. The van der Waals surface area contributed by atoms with E-state index in [-0.39, 0.29) is 5.82 Å². The van der Waals surface area contributed by atoms with Gasteiger partial charge in [0.05, 0.1) is 11.5 Å². The molecule has 0 aliphatic carbocycles. The monoisotopic (exact) mass is 243 g/mol. The summed E-state index contributed by atoms with van der Waals surface area (Å²) in [6.45, 7) is 0. The lowest BCUT2D eigenvalue weighted by molar-refractivity contribution is -0.748. The van der Waals surface area contributed by atoms with Crippen LogP contribution in [-0.2, 0) is 14.1 Å². The van der Waals surface area contributed by atoms with Gasteiger partial charge in [0.1, 0.15) is 10.9 Å². The predicted octanol–water partition coefficient (Wildman–Crippen LogP) is 1.90. The number of rotatable bonds is 0. The van der Waals surface area contributed by atoms with Crippen LogP contribution >= 0.6 is 15.9 Å². The quantitative estimate of drug-likeness (QED) is 0.626. The van der Waals surface area contributed by atoms with E-state index in [1.807, 2.05) is 29.5 Å². The lowest BCUT2D eigenvalue weighted by Gasteiger charge is -1.94. The minimum absolute atomic E-state index is 0.200. The van der Waals surface area contributed by atoms with Crippen molar-refractivity contribution in [2.24, 2.45) is 14.1 Å². The molecule has 1 heterocycles. The second kappa shape index (κ2) is 2.80. The fourth-order valence-electron chi connectivity index (χ4n) is 1.40. The summed E-state index contributed by atoms with van der Waals surface area (Å²) in [4.78, 5) is 0. The molecular formula is C9H9BrFN2+. The second-order valence-corrected chi connectivity index (χ2v) is 3.87. The zero-order valence-electron chi connectivity index (χ0n) is 7.38. The van der Waals surface area contributed by atoms with Crippen molar-refractivity contribution in [1.82, 2.24) is 4.68 Å². The standard InChI is InChI=1S/C9H9BrFN2/c1-12-5-6-8(13(12)2)4-3-7(10)9(6)11/h3-5H,1-2H3/q+1. The molecule has 2 aromatic rings. The van der Waals surface area contributed by atoms with Crippen LogP contribution in [0.2, 0.25) is 0 Å². The topological polar surface area (TPSA) is 8.81 Å². The third kappa shape index (κ3) is 1.16. The molecule has 0 aliphatic heterocycles. The molecule has 0 unspecified atom stereocenters. The number of hydrogen-bond donors (Lipinski definition) is 0. The Balaban J connectivity index is 2.94. The highest BCUT2D eigenvalue weighted by Gasteiger charge is 2.14. The largest absolute Gasteiger partial charge is 0.206 e. The summed E-state index contributed by atoms with van der Waals surface area (Å²) < 4.78 is 17.8. The SMILES string of the molecule is Cn1c2ccc(Br)c(F)c2c[n+]1C. The number of aryl methyl sites for hydroxylation is 2. The van der Waals surface area contributed by atoms with Crippen molar-refractivity contribution < 1.29 is 9.07 Å². The number of aromatic nitrogens is 2. The highest BCUT2D eigenvalue weighted by molar-refractivity contribution is 9.10. The van der Waals surface area contributed by atoms with Crippen LogP contribution in [0.25, 0.3) is 10.9 Å². The third-order valence-electron chi connectivity index (χ3n) is 2.25. The minimum Gasteiger partial charge on any atom is -0.205 e. The summed E-state index contributed by atoms with van der Waals surface area (Å²) in [6, 6.07) is 3.61. The van der Waals surface area contributed by atoms with E-state index < -0.39 is 0 Å². The summed E-state index contributed by atoms with van der Waals surface area (Å²) in [5, 5.41) is 0.638. The molecule has 0 radical (unpaired) electrons. The number of nitrogens with zero attached hydrogens (tertiary/aromatic N) is 2. The zero-order valence-corrected chi connectivity index (χ0v) is 8.97. The van der Waals surface area contributed by atoms with Crippen LogP contribution in [0.1, 0.15) is 0 Å². The van der Waals surface area contributed by atoms with Gasteiger partial charge in [-0.2, -0.15) is 4.68 Å². The molecule has 0 saturated heterocycles. The molecule has 1 aromatic heterocycles. The van der Waals surface area contributed by atoms with E-state index in [0.29, 0.717) is 9.86 Å². The van der Waals surface area contributed by atoms with Gasteiger partial charge in [-0.15, -0.1) is 4.68 Å². The number of hydrogen-bond acceptors (Lipinski definition) is 0. The van der Waals surface area contributed by atoms with Crippen LogP contribution < -0.4 is 4.68 Å². The van der Waals surface area contributed by atoms with Gasteiger partial charge in [-0.1, -0.05) is 0 Å². The van der Waals surface area contributed by atoms with Gasteiger partial charge in [-0.3, -0.25) is 0 Å². The molecule has 0 fully saturated rings. The average Bonchev–Trinajstić information content (AvgIpc) is 2.38. The summed E-state index contributed by atoms with van der Waals surface area (Å²) in [5.74, 6) is -0.200. The lowest BCUT2D eigenvalue weighted by Crippen LogP contribution is -2.35. The Labute approximate surface area is 83.7 Å². The van der Waals surface area contributed by atoms with Gasteiger partial charge in [-0.05, 0) is 28.1 Å². The maximum absolute atomic E-state index is 13.5. The zero-order chi connectivity index (χ0) is 9.59. The molecule has 68 valence electrons. The number of benzene rings is 1. The Kier molecular flexibility index (Phi) is 1.87. The van der Waals surface area contributed by atoms with Crippen molar-refractivity contribution in [3.05, 3.63) is 28.6 Å². The molecule has 2 rings (SSSR count). The Hall–Kier alpha value is -0.900. The van der Waals surface area contributed by atoms with Gasteiger partial charge in [0.2, 0.25) is 6.20 Å². The molecule has 4 heteroatoms. The Morgan fingerprint density at radius 3 is 2.85 bits per heavy atom. The van der Waals surface area contributed by atoms with E-state index in [1.54, 1.807) is 12.3 Å². The highest BCUT2D eigenvalue weighted by atomic mass is 79.9. The van der Waals surface area contributed by atoms with Crippen molar-refractivity contribution in [3.63, 3.8) is 0 Å². The van der Waals surface area contributed by atoms with Crippen LogP contribution in [0.15, 0.2) is 22.8 Å². The van der Waals surface area contributed by atoms with Crippen LogP contribution in [0.3, 0.4) is 0 Å². The lowest BCUT2D eigenvalue weighted by atomic mass is 10.2. The van der Waals surface area contributed by atoms with Gasteiger partial charge >= 0.3 is 0 Å².